The van der Waals surface area contributed by atoms with Crippen molar-refractivity contribution in [3.05, 3.63) is 17.1 Å². The summed E-state index contributed by atoms with van der Waals surface area (Å²) >= 11 is 1.30. The molecule has 0 bridgehead atoms. The zero-order valence-electron chi connectivity index (χ0n) is 13.3. The quantitative estimate of drug-likeness (QED) is 0.623. The first-order chi connectivity index (χ1) is 10.4. The van der Waals surface area contributed by atoms with E-state index in [1.54, 1.807) is 13.8 Å². The Labute approximate surface area is 134 Å². The van der Waals surface area contributed by atoms with E-state index in [-0.39, 0.29) is 23.9 Å². The van der Waals surface area contributed by atoms with Crippen LogP contribution in [0.1, 0.15) is 30.9 Å². The number of ether oxygens (including phenoxy) is 1. The number of aryl methyl sites for hydroxylation is 2. The number of hydrogen-bond donors (Lipinski definition) is 0. The molecule has 2 atom stereocenters. The molecule has 0 aromatic carbocycles. The number of hydrogen-bond acceptors (Lipinski definition) is 6. The second-order valence-electron chi connectivity index (χ2n) is 5.49. The maximum Gasteiger partial charge on any atom is 0.233 e. The van der Waals surface area contributed by atoms with Crippen LogP contribution in [0.5, 0.6) is 0 Å². The van der Waals surface area contributed by atoms with E-state index in [1.165, 1.54) is 11.8 Å². The number of thioether (sulfide) groups is 1. The third-order valence-electron chi connectivity index (χ3n) is 3.39. The van der Waals surface area contributed by atoms with Gasteiger partial charge in [0.05, 0.1) is 23.7 Å². The molecule has 7 heteroatoms. The zero-order valence-corrected chi connectivity index (χ0v) is 14.1. The number of aromatic nitrogens is 2. The fraction of sp³-hybridized carbons (Fsp3) is 0.600. The molecule has 6 nitrogen and oxygen atoms in total. The molecule has 1 amide bonds. The first kappa shape index (κ1) is 16.7. The van der Waals surface area contributed by atoms with Crippen molar-refractivity contribution in [3.8, 4) is 6.07 Å². The van der Waals surface area contributed by atoms with Gasteiger partial charge in [0.25, 0.3) is 0 Å². The SMILES string of the molecule is Cc1nc(C)c(C#N)c(SCC(=O)N2CC(C)OC(C)C2)n1. The number of carbonyl (C=O) groups excluding carboxylic acids is 1. The highest BCUT2D eigenvalue weighted by Crippen LogP contribution is 2.23. The maximum absolute atomic E-state index is 12.4. The Morgan fingerprint density at radius 2 is 2.00 bits per heavy atom. The van der Waals surface area contributed by atoms with Gasteiger partial charge in [-0.25, -0.2) is 9.97 Å². The standard InChI is InChI=1S/C15H20N4O2S/c1-9-6-19(7-10(2)21-9)14(20)8-22-15-13(5-16)11(3)17-12(4)18-15/h9-10H,6-8H2,1-4H3. The lowest BCUT2D eigenvalue weighted by Gasteiger charge is -2.35. The summed E-state index contributed by atoms with van der Waals surface area (Å²) in [6, 6.07) is 2.12. The zero-order chi connectivity index (χ0) is 16.3. The van der Waals surface area contributed by atoms with Crippen LogP contribution in [0.3, 0.4) is 0 Å². The van der Waals surface area contributed by atoms with Gasteiger partial charge in [0.15, 0.2) is 0 Å². The molecule has 2 heterocycles. The van der Waals surface area contributed by atoms with E-state index >= 15 is 0 Å². The van der Waals surface area contributed by atoms with Crippen molar-refractivity contribution in [2.75, 3.05) is 18.8 Å². The van der Waals surface area contributed by atoms with Gasteiger partial charge in [0, 0.05) is 13.1 Å². The number of rotatable bonds is 3. The second-order valence-corrected chi connectivity index (χ2v) is 6.46. The van der Waals surface area contributed by atoms with Crippen molar-refractivity contribution in [3.63, 3.8) is 0 Å². The Hall–Kier alpha value is -1.65. The summed E-state index contributed by atoms with van der Waals surface area (Å²) in [7, 11) is 0. The normalized spacial score (nSPS) is 21.5. The van der Waals surface area contributed by atoms with E-state index < -0.39 is 0 Å². The van der Waals surface area contributed by atoms with Gasteiger partial charge in [0.1, 0.15) is 22.5 Å². The minimum Gasteiger partial charge on any atom is -0.372 e. The van der Waals surface area contributed by atoms with Crippen LogP contribution in [0, 0.1) is 25.2 Å². The highest BCUT2D eigenvalue weighted by atomic mass is 32.2. The van der Waals surface area contributed by atoms with Crippen LogP contribution in [-0.4, -0.2) is 51.8 Å². The molecule has 1 aromatic rings. The van der Waals surface area contributed by atoms with Crippen LogP contribution < -0.4 is 0 Å². The largest absolute Gasteiger partial charge is 0.372 e. The summed E-state index contributed by atoms with van der Waals surface area (Å²) in [5.74, 6) is 0.925. The second kappa shape index (κ2) is 7.07. The molecule has 1 aromatic heterocycles. The van der Waals surface area contributed by atoms with Crippen LogP contribution in [-0.2, 0) is 9.53 Å². The molecule has 0 radical (unpaired) electrons. The van der Waals surface area contributed by atoms with E-state index in [2.05, 4.69) is 16.0 Å². The van der Waals surface area contributed by atoms with Crippen molar-refractivity contribution in [2.45, 2.75) is 44.9 Å². The summed E-state index contributed by atoms with van der Waals surface area (Å²) in [5.41, 5.74) is 1.10. The molecule has 1 aliphatic heterocycles. The molecule has 2 rings (SSSR count). The third-order valence-corrected chi connectivity index (χ3v) is 4.35. The lowest BCUT2D eigenvalue weighted by Crippen LogP contribution is -2.48. The van der Waals surface area contributed by atoms with Crippen molar-refractivity contribution >= 4 is 17.7 Å². The van der Waals surface area contributed by atoms with Gasteiger partial charge in [-0.1, -0.05) is 11.8 Å². The highest BCUT2D eigenvalue weighted by molar-refractivity contribution is 8.00. The first-order valence-corrected chi connectivity index (χ1v) is 8.20. The number of nitrogens with zero attached hydrogens (tertiary/aromatic N) is 4. The van der Waals surface area contributed by atoms with Gasteiger partial charge in [-0.2, -0.15) is 5.26 Å². The smallest absolute Gasteiger partial charge is 0.233 e. The minimum absolute atomic E-state index is 0.0461. The van der Waals surface area contributed by atoms with E-state index in [1.807, 2.05) is 18.7 Å². The Bertz CT molecular complexity index is 604. The van der Waals surface area contributed by atoms with Crippen LogP contribution in [0.4, 0.5) is 0 Å². The van der Waals surface area contributed by atoms with Crippen molar-refractivity contribution in [2.24, 2.45) is 0 Å². The van der Waals surface area contributed by atoms with Crippen LogP contribution in [0.15, 0.2) is 5.03 Å². The topological polar surface area (TPSA) is 79.1 Å². The molecule has 1 saturated heterocycles. The molecular weight excluding hydrogens is 300 g/mol. The Kier molecular flexibility index (Phi) is 5.37. The van der Waals surface area contributed by atoms with Gasteiger partial charge >= 0.3 is 0 Å². The molecule has 1 aliphatic rings. The van der Waals surface area contributed by atoms with E-state index in [0.29, 0.717) is 35.2 Å². The monoisotopic (exact) mass is 320 g/mol. The molecule has 2 unspecified atom stereocenters. The fourth-order valence-electron chi connectivity index (χ4n) is 2.52. The van der Waals surface area contributed by atoms with Gasteiger partial charge in [-0.3, -0.25) is 4.79 Å². The van der Waals surface area contributed by atoms with Gasteiger partial charge in [-0.05, 0) is 27.7 Å². The summed E-state index contributed by atoms with van der Waals surface area (Å²) in [6.45, 7) is 8.71. The molecule has 0 spiro atoms. The predicted molar refractivity (Wildman–Crippen MR) is 83.5 cm³/mol. The first-order valence-electron chi connectivity index (χ1n) is 7.22. The molecule has 118 valence electrons. The Morgan fingerprint density at radius 1 is 1.36 bits per heavy atom. The molecule has 0 aliphatic carbocycles. The average Bonchev–Trinajstić information content (AvgIpc) is 2.43. The number of nitriles is 1. The van der Waals surface area contributed by atoms with E-state index in [9.17, 15) is 10.1 Å². The lowest BCUT2D eigenvalue weighted by molar-refractivity contribution is -0.140. The van der Waals surface area contributed by atoms with Gasteiger partial charge in [-0.15, -0.1) is 0 Å². The number of morpholine rings is 1. The van der Waals surface area contributed by atoms with Crippen LogP contribution >= 0.6 is 11.8 Å². The van der Waals surface area contributed by atoms with E-state index in [4.69, 9.17) is 4.74 Å². The van der Waals surface area contributed by atoms with Crippen molar-refractivity contribution < 1.29 is 9.53 Å². The van der Waals surface area contributed by atoms with Gasteiger partial charge in [0.2, 0.25) is 5.91 Å². The molecule has 22 heavy (non-hydrogen) atoms. The molecular formula is C15H20N4O2S. The molecule has 1 fully saturated rings. The van der Waals surface area contributed by atoms with Crippen molar-refractivity contribution in [1.82, 2.24) is 14.9 Å². The number of carbonyl (C=O) groups is 1. The molecule has 0 N–H and O–H groups in total. The summed E-state index contributed by atoms with van der Waals surface area (Å²) in [4.78, 5) is 22.6. The van der Waals surface area contributed by atoms with Gasteiger partial charge < -0.3 is 9.64 Å². The summed E-state index contributed by atoms with van der Waals surface area (Å²) in [5, 5.41) is 9.80. The van der Waals surface area contributed by atoms with Crippen molar-refractivity contribution in [1.29, 1.82) is 5.26 Å². The Balaban J connectivity index is 2.04. The summed E-state index contributed by atoms with van der Waals surface area (Å²) < 4.78 is 5.63. The summed E-state index contributed by atoms with van der Waals surface area (Å²) in [6.07, 6.45) is 0.104. The molecule has 0 saturated carbocycles. The average molecular weight is 320 g/mol. The number of amides is 1. The third kappa shape index (κ3) is 3.96. The van der Waals surface area contributed by atoms with Crippen LogP contribution in [0.2, 0.25) is 0 Å². The highest BCUT2D eigenvalue weighted by Gasteiger charge is 2.26. The van der Waals surface area contributed by atoms with E-state index in [0.717, 1.165) is 0 Å². The predicted octanol–water partition coefficient (Wildman–Crippen LogP) is 1.69. The minimum atomic E-state index is 0.0461. The van der Waals surface area contributed by atoms with Crippen LogP contribution in [0.25, 0.3) is 0 Å². The lowest BCUT2D eigenvalue weighted by atomic mass is 10.2. The Morgan fingerprint density at radius 3 is 2.59 bits per heavy atom. The maximum atomic E-state index is 12.4. The fourth-order valence-corrected chi connectivity index (χ4v) is 3.49.